The average molecular weight is 475 g/mol. The van der Waals surface area contributed by atoms with Crippen molar-refractivity contribution in [3.63, 3.8) is 0 Å². The quantitative estimate of drug-likeness (QED) is 0.239. The van der Waals surface area contributed by atoms with Crippen LogP contribution >= 0.6 is 47.8 Å². The van der Waals surface area contributed by atoms with Crippen LogP contribution in [-0.2, 0) is 0 Å². The predicted octanol–water partition coefficient (Wildman–Crippen LogP) is 7.53. The lowest BCUT2D eigenvalue weighted by Gasteiger charge is -2.26. The third-order valence-electron chi connectivity index (χ3n) is 3.15. The van der Waals surface area contributed by atoms with E-state index in [0.717, 1.165) is 19.3 Å². The molecule has 1 atom stereocenters. The molecule has 0 rings (SSSR count). The summed E-state index contributed by atoms with van der Waals surface area (Å²) in [5.41, 5.74) is 0. The Kier molecular flexibility index (Phi) is 10.7. The molecule has 0 radical (unpaired) electrons. The van der Waals surface area contributed by atoms with Crippen molar-refractivity contribution in [1.82, 2.24) is 0 Å². The van der Waals surface area contributed by atoms with Gasteiger partial charge < -0.3 is 0 Å². The zero-order valence-corrected chi connectivity index (χ0v) is 16.0. The fraction of sp³-hybridized carbons (Fsp3) is 1.00. The van der Waals surface area contributed by atoms with Gasteiger partial charge in [0.15, 0.2) is 0 Å². The molecule has 0 aromatic rings. The van der Waals surface area contributed by atoms with E-state index in [2.05, 4.69) is 54.7 Å². The van der Waals surface area contributed by atoms with Crippen molar-refractivity contribution in [3.8, 4) is 0 Å². The van der Waals surface area contributed by atoms with Crippen LogP contribution in [0.15, 0.2) is 0 Å². The van der Waals surface area contributed by atoms with E-state index >= 15 is 0 Å². The first-order valence-electron chi connectivity index (χ1n) is 6.80. The molecule has 116 valence electrons. The number of unbranched alkanes of at least 4 members (excludes halogenated alkanes) is 5. The highest BCUT2D eigenvalue weighted by atomic mass is 80.0. The molecule has 0 saturated heterocycles. The lowest BCUT2D eigenvalue weighted by molar-refractivity contribution is -0.137. The molecule has 0 nitrogen and oxygen atoms in total. The van der Waals surface area contributed by atoms with Gasteiger partial charge in [-0.05, 0) is 18.8 Å². The third kappa shape index (κ3) is 12.7. The van der Waals surface area contributed by atoms with E-state index < -0.39 is 14.7 Å². The van der Waals surface area contributed by atoms with E-state index in [1.54, 1.807) is 0 Å². The smallest absolute Gasteiger partial charge is 0.171 e. The number of hydrogen-bond donors (Lipinski definition) is 0. The number of halogens is 6. The highest BCUT2D eigenvalue weighted by Gasteiger charge is 2.35. The van der Waals surface area contributed by atoms with E-state index in [-0.39, 0.29) is 12.3 Å². The summed E-state index contributed by atoms with van der Waals surface area (Å²) in [4.78, 5) is 0. The normalized spacial score (nSPS) is 14.7. The van der Waals surface area contributed by atoms with Gasteiger partial charge in [-0.3, -0.25) is 0 Å². The van der Waals surface area contributed by atoms with Crippen molar-refractivity contribution in [2.24, 2.45) is 5.92 Å². The Morgan fingerprint density at radius 1 is 0.842 bits per heavy atom. The topological polar surface area (TPSA) is 0 Å². The molecule has 0 aliphatic rings. The van der Waals surface area contributed by atoms with Gasteiger partial charge in [-0.1, -0.05) is 93.2 Å². The van der Waals surface area contributed by atoms with Gasteiger partial charge in [0.25, 0.3) is 0 Å². The average Bonchev–Trinajstić information content (AvgIpc) is 2.23. The minimum absolute atomic E-state index is 0.0692. The second-order valence-electron chi connectivity index (χ2n) is 4.95. The van der Waals surface area contributed by atoms with Crippen LogP contribution in [0.4, 0.5) is 13.2 Å². The molecule has 0 N–H and O–H groups in total. The van der Waals surface area contributed by atoms with Gasteiger partial charge in [-0.25, -0.2) is 0 Å². The Morgan fingerprint density at radius 3 is 1.84 bits per heavy atom. The Bertz CT molecular complexity index is 224. The highest BCUT2D eigenvalue weighted by Crippen LogP contribution is 2.46. The summed E-state index contributed by atoms with van der Waals surface area (Å²) in [5.74, 6) is -0.0692. The van der Waals surface area contributed by atoms with Crippen molar-refractivity contribution in [1.29, 1.82) is 0 Å². The van der Waals surface area contributed by atoms with Crippen LogP contribution in [0.5, 0.6) is 0 Å². The summed E-state index contributed by atoms with van der Waals surface area (Å²) >= 11 is 10.1. The Morgan fingerprint density at radius 2 is 1.37 bits per heavy atom. The van der Waals surface area contributed by atoms with Crippen LogP contribution in [0.1, 0.15) is 64.7 Å². The number of hydrogen-bond acceptors (Lipinski definition) is 0. The van der Waals surface area contributed by atoms with E-state index in [1.807, 2.05) is 0 Å². The van der Waals surface area contributed by atoms with Gasteiger partial charge in [-0.2, -0.15) is 13.2 Å². The van der Waals surface area contributed by atoms with E-state index in [9.17, 15) is 13.2 Å². The summed E-state index contributed by atoms with van der Waals surface area (Å²) in [5, 5.41) is 0. The fourth-order valence-corrected chi connectivity index (χ4v) is 3.35. The van der Waals surface area contributed by atoms with Crippen LogP contribution in [0, 0.1) is 5.92 Å². The lowest BCUT2D eigenvalue weighted by atomic mass is 9.97. The Labute approximate surface area is 139 Å². The predicted molar refractivity (Wildman–Crippen MR) is 86.3 cm³/mol. The molecular weight excluding hydrogens is 453 g/mol. The van der Waals surface area contributed by atoms with Gasteiger partial charge in [0, 0.05) is 6.42 Å². The van der Waals surface area contributed by atoms with Crippen LogP contribution in [0.2, 0.25) is 0 Å². The molecule has 0 aliphatic heterocycles. The van der Waals surface area contributed by atoms with E-state index in [4.69, 9.17) is 0 Å². The molecule has 0 aliphatic carbocycles. The first-order valence-corrected chi connectivity index (χ1v) is 9.18. The van der Waals surface area contributed by atoms with E-state index in [0.29, 0.717) is 0 Å². The van der Waals surface area contributed by atoms with Crippen molar-refractivity contribution in [2.75, 3.05) is 0 Å². The minimum Gasteiger partial charge on any atom is -0.171 e. The second-order valence-corrected chi connectivity index (χ2v) is 11.9. The van der Waals surface area contributed by atoms with Gasteiger partial charge >= 0.3 is 6.18 Å². The largest absolute Gasteiger partial charge is 0.389 e. The molecule has 6 heteroatoms. The first kappa shape index (κ1) is 20.2. The SMILES string of the molecule is CCCCCCCCC(CCC(F)(F)F)C(Br)(Br)Br. The highest BCUT2D eigenvalue weighted by molar-refractivity contribution is 9.39. The fourth-order valence-electron chi connectivity index (χ4n) is 1.98. The lowest BCUT2D eigenvalue weighted by Crippen LogP contribution is -2.20. The Balaban J connectivity index is 3.95. The summed E-state index contributed by atoms with van der Waals surface area (Å²) in [7, 11) is 0. The maximum absolute atomic E-state index is 12.3. The van der Waals surface area contributed by atoms with Gasteiger partial charge in [-0.15, -0.1) is 0 Å². The number of rotatable bonds is 9. The molecule has 0 bridgehead atoms. The first-order chi connectivity index (χ1) is 8.67. The molecule has 0 aromatic carbocycles. The van der Waals surface area contributed by atoms with Gasteiger partial charge in [0.05, 0.1) is 0 Å². The Hall–Kier alpha value is 1.23. The van der Waals surface area contributed by atoms with Crippen LogP contribution < -0.4 is 0 Å². The maximum Gasteiger partial charge on any atom is 0.389 e. The van der Waals surface area contributed by atoms with Crippen LogP contribution in [-0.4, -0.2) is 8.32 Å². The standard InChI is InChI=1S/C13H22Br3F3/c1-2-3-4-5-6-7-8-11(13(14,15)16)9-10-12(17,18)19/h11H,2-10H2,1H3. The molecule has 0 amide bonds. The van der Waals surface area contributed by atoms with E-state index in [1.165, 1.54) is 25.7 Å². The van der Waals surface area contributed by atoms with Crippen molar-refractivity contribution in [2.45, 2.75) is 73.0 Å². The van der Waals surface area contributed by atoms with Crippen molar-refractivity contribution in [3.05, 3.63) is 0 Å². The van der Waals surface area contributed by atoms with Crippen LogP contribution in [0.3, 0.4) is 0 Å². The molecule has 0 fully saturated rings. The van der Waals surface area contributed by atoms with Gasteiger partial charge in [0.2, 0.25) is 0 Å². The summed E-state index contributed by atoms with van der Waals surface area (Å²) in [6, 6.07) is 0. The summed E-state index contributed by atoms with van der Waals surface area (Å²) in [6.45, 7) is 2.17. The molecule has 0 heterocycles. The van der Waals surface area contributed by atoms with Crippen LogP contribution in [0.25, 0.3) is 0 Å². The van der Waals surface area contributed by atoms with Crippen molar-refractivity contribution >= 4 is 47.8 Å². The maximum atomic E-state index is 12.3. The monoisotopic (exact) mass is 472 g/mol. The molecule has 1 unspecified atom stereocenters. The molecular formula is C13H22Br3F3. The molecule has 0 aromatic heterocycles. The third-order valence-corrected chi connectivity index (χ3v) is 5.09. The summed E-state index contributed by atoms with van der Waals surface area (Å²) < 4.78 is 36.3. The molecule has 0 saturated carbocycles. The zero-order valence-electron chi connectivity index (χ0n) is 11.2. The second kappa shape index (κ2) is 10.0. The minimum atomic E-state index is -4.07. The number of alkyl halides is 6. The van der Waals surface area contributed by atoms with Gasteiger partial charge in [0.1, 0.15) is 2.14 Å². The summed E-state index contributed by atoms with van der Waals surface area (Å²) in [6.07, 6.45) is 3.09. The zero-order chi connectivity index (χ0) is 14.9. The van der Waals surface area contributed by atoms with Crippen molar-refractivity contribution < 1.29 is 13.2 Å². The molecule has 0 spiro atoms. The molecule has 19 heavy (non-hydrogen) atoms.